The monoisotopic (exact) mass is 394 g/mol. The summed E-state index contributed by atoms with van der Waals surface area (Å²) >= 11 is 6.04. The fourth-order valence-corrected chi connectivity index (χ4v) is 4.34. The van der Waals surface area contributed by atoms with Gasteiger partial charge in [-0.05, 0) is 42.4 Å². The Kier molecular flexibility index (Phi) is 5.87. The van der Waals surface area contributed by atoms with Gasteiger partial charge >= 0.3 is 0 Å². The molecule has 140 valence electrons. The first kappa shape index (κ1) is 19.2. The largest absolute Gasteiger partial charge is 0.371 e. The molecule has 1 saturated heterocycles. The molecule has 1 fully saturated rings. The highest BCUT2D eigenvalue weighted by Crippen LogP contribution is 2.32. The summed E-state index contributed by atoms with van der Waals surface area (Å²) in [4.78, 5) is 2.34. The number of anilines is 2. The Balaban J connectivity index is 1.89. The molecule has 5 nitrogen and oxygen atoms in total. The second-order valence-corrected chi connectivity index (χ2v) is 8.62. The second-order valence-electron chi connectivity index (χ2n) is 6.35. The Bertz CT molecular complexity index is 855. The number of halogens is 1. The van der Waals surface area contributed by atoms with E-state index in [1.165, 1.54) is 10.6 Å². The van der Waals surface area contributed by atoms with Gasteiger partial charge in [0.2, 0.25) is 10.0 Å². The molecule has 7 heteroatoms. The van der Waals surface area contributed by atoms with Crippen LogP contribution in [0.3, 0.4) is 0 Å². The van der Waals surface area contributed by atoms with Crippen LogP contribution in [0.5, 0.6) is 0 Å². The van der Waals surface area contributed by atoms with Gasteiger partial charge in [0.05, 0.1) is 30.3 Å². The summed E-state index contributed by atoms with van der Waals surface area (Å²) in [6.45, 7) is 5.63. The van der Waals surface area contributed by atoms with E-state index in [2.05, 4.69) is 11.8 Å². The first-order chi connectivity index (χ1) is 12.4. The molecule has 0 N–H and O–H groups in total. The molecule has 1 aliphatic rings. The molecule has 0 bridgehead atoms. The van der Waals surface area contributed by atoms with Crippen LogP contribution in [0.15, 0.2) is 48.5 Å². The van der Waals surface area contributed by atoms with Gasteiger partial charge in [0, 0.05) is 18.1 Å². The number of hydrogen-bond acceptors (Lipinski definition) is 4. The standard InChI is InChI=1S/C19H23ClN2O3S/c1-3-21-11-12-25-19(14-21)15-7-9-17(10-8-15)22(26(2,23)24)18-6-4-5-16(20)13-18/h4-10,13,19H,3,11-12,14H2,1-2H3. The smallest absolute Gasteiger partial charge is 0.236 e. The molecular formula is C19H23ClN2O3S. The first-order valence-electron chi connectivity index (χ1n) is 8.58. The normalized spacial score (nSPS) is 18.7. The lowest BCUT2D eigenvalue weighted by atomic mass is 10.1. The van der Waals surface area contributed by atoms with Crippen LogP contribution in [0.4, 0.5) is 11.4 Å². The average Bonchev–Trinajstić information content (AvgIpc) is 2.61. The van der Waals surface area contributed by atoms with Gasteiger partial charge in [-0.25, -0.2) is 12.7 Å². The van der Waals surface area contributed by atoms with Crippen LogP contribution < -0.4 is 4.31 Å². The number of morpholine rings is 1. The molecule has 1 aliphatic heterocycles. The van der Waals surface area contributed by atoms with Crippen molar-refractivity contribution in [2.45, 2.75) is 13.0 Å². The molecule has 0 aromatic heterocycles. The zero-order valence-corrected chi connectivity index (χ0v) is 16.5. The zero-order chi connectivity index (χ0) is 18.7. The van der Waals surface area contributed by atoms with E-state index in [0.717, 1.165) is 25.2 Å². The third-order valence-electron chi connectivity index (χ3n) is 4.47. The quantitative estimate of drug-likeness (QED) is 0.773. The lowest BCUT2D eigenvalue weighted by Crippen LogP contribution is -2.38. The van der Waals surface area contributed by atoms with E-state index in [4.69, 9.17) is 16.3 Å². The van der Waals surface area contributed by atoms with Crippen LogP contribution in [-0.4, -0.2) is 45.8 Å². The molecule has 0 saturated carbocycles. The minimum Gasteiger partial charge on any atom is -0.371 e. The van der Waals surface area contributed by atoms with E-state index in [0.29, 0.717) is 23.0 Å². The van der Waals surface area contributed by atoms with Gasteiger partial charge < -0.3 is 4.74 Å². The summed E-state index contributed by atoms with van der Waals surface area (Å²) in [7, 11) is -3.50. The van der Waals surface area contributed by atoms with Gasteiger partial charge in [-0.15, -0.1) is 0 Å². The van der Waals surface area contributed by atoms with Crippen molar-refractivity contribution in [3.8, 4) is 0 Å². The van der Waals surface area contributed by atoms with Crippen LogP contribution in [0.1, 0.15) is 18.6 Å². The predicted molar refractivity (Wildman–Crippen MR) is 106 cm³/mol. The number of nitrogens with zero attached hydrogens (tertiary/aromatic N) is 2. The molecule has 2 aromatic carbocycles. The molecular weight excluding hydrogens is 372 g/mol. The number of rotatable bonds is 5. The van der Waals surface area contributed by atoms with Crippen LogP contribution in [0.2, 0.25) is 5.02 Å². The third kappa shape index (κ3) is 4.38. The Morgan fingerprint density at radius 3 is 2.54 bits per heavy atom. The number of likely N-dealkylation sites (N-methyl/N-ethyl adjacent to an activating group) is 1. The predicted octanol–water partition coefficient (Wildman–Crippen LogP) is 3.83. The molecule has 0 amide bonds. The highest BCUT2D eigenvalue weighted by molar-refractivity contribution is 7.92. The Morgan fingerprint density at radius 1 is 1.19 bits per heavy atom. The summed E-state index contributed by atoms with van der Waals surface area (Å²) in [5.41, 5.74) is 2.13. The maximum atomic E-state index is 12.4. The van der Waals surface area contributed by atoms with E-state index in [1.807, 2.05) is 24.3 Å². The van der Waals surface area contributed by atoms with Gasteiger partial charge in [0.1, 0.15) is 0 Å². The molecule has 0 radical (unpaired) electrons. The van der Waals surface area contributed by atoms with Crippen molar-refractivity contribution in [2.75, 3.05) is 36.8 Å². The molecule has 0 spiro atoms. The van der Waals surface area contributed by atoms with Crippen LogP contribution in [0, 0.1) is 0 Å². The van der Waals surface area contributed by atoms with Crippen molar-refractivity contribution in [1.82, 2.24) is 4.90 Å². The Hall–Kier alpha value is -1.60. The van der Waals surface area contributed by atoms with E-state index in [9.17, 15) is 8.42 Å². The maximum absolute atomic E-state index is 12.4. The summed E-state index contributed by atoms with van der Waals surface area (Å²) in [5, 5.41) is 0.489. The number of benzene rings is 2. The van der Waals surface area contributed by atoms with Crippen molar-refractivity contribution in [2.24, 2.45) is 0 Å². The minimum atomic E-state index is -3.50. The molecule has 1 unspecified atom stereocenters. The first-order valence-corrected chi connectivity index (χ1v) is 10.8. The molecule has 0 aliphatic carbocycles. The Labute approximate surface area is 160 Å². The van der Waals surface area contributed by atoms with E-state index in [-0.39, 0.29) is 6.10 Å². The molecule has 2 aromatic rings. The molecule has 3 rings (SSSR count). The van der Waals surface area contributed by atoms with Crippen LogP contribution >= 0.6 is 11.6 Å². The average molecular weight is 395 g/mol. The topological polar surface area (TPSA) is 49.9 Å². The number of sulfonamides is 1. The van der Waals surface area contributed by atoms with E-state index in [1.54, 1.807) is 24.3 Å². The van der Waals surface area contributed by atoms with Crippen molar-refractivity contribution in [3.63, 3.8) is 0 Å². The third-order valence-corrected chi connectivity index (χ3v) is 5.79. The van der Waals surface area contributed by atoms with Crippen LogP contribution in [-0.2, 0) is 14.8 Å². The van der Waals surface area contributed by atoms with Gasteiger partial charge in [-0.2, -0.15) is 0 Å². The number of hydrogen-bond donors (Lipinski definition) is 0. The van der Waals surface area contributed by atoms with Crippen molar-refractivity contribution >= 4 is 33.0 Å². The SMILES string of the molecule is CCN1CCOC(c2ccc(N(c3cccc(Cl)c3)S(C)(=O)=O)cc2)C1. The fourth-order valence-electron chi connectivity index (χ4n) is 3.15. The molecule has 1 heterocycles. The van der Waals surface area contributed by atoms with Crippen molar-refractivity contribution in [1.29, 1.82) is 0 Å². The lowest BCUT2D eigenvalue weighted by molar-refractivity contribution is -0.0281. The highest BCUT2D eigenvalue weighted by atomic mass is 35.5. The number of ether oxygens (including phenoxy) is 1. The lowest BCUT2D eigenvalue weighted by Gasteiger charge is -2.32. The minimum absolute atomic E-state index is 0.00982. The Morgan fingerprint density at radius 2 is 1.92 bits per heavy atom. The molecule has 26 heavy (non-hydrogen) atoms. The maximum Gasteiger partial charge on any atom is 0.236 e. The summed E-state index contributed by atoms with van der Waals surface area (Å²) < 4.78 is 31.9. The van der Waals surface area contributed by atoms with Gasteiger partial charge in [-0.1, -0.05) is 36.7 Å². The van der Waals surface area contributed by atoms with Gasteiger partial charge in [0.15, 0.2) is 0 Å². The van der Waals surface area contributed by atoms with Crippen molar-refractivity contribution in [3.05, 3.63) is 59.1 Å². The zero-order valence-electron chi connectivity index (χ0n) is 14.9. The second kappa shape index (κ2) is 7.96. The van der Waals surface area contributed by atoms with E-state index >= 15 is 0 Å². The summed E-state index contributed by atoms with van der Waals surface area (Å²) in [6.07, 6.45) is 1.20. The summed E-state index contributed by atoms with van der Waals surface area (Å²) in [5.74, 6) is 0. The van der Waals surface area contributed by atoms with Crippen LogP contribution in [0.25, 0.3) is 0 Å². The molecule has 1 atom stereocenters. The van der Waals surface area contributed by atoms with E-state index < -0.39 is 10.0 Å². The highest BCUT2D eigenvalue weighted by Gasteiger charge is 2.23. The summed E-state index contributed by atoms with van der Waals surface area (Å²) in [6, 6.07) is 14.3. The van der Waals surface area contributed by atoms with Gasteiger partial charge in [0.25, 0.3) is 0 Å². The van der Waals surface area contributed by atoms with Gasteiger partial charge in [-0.3, -0.25) is 4.90 Å². The van der Waals surface area contributed by atoms with Crippen molar-refractivity contribution < 1.29 is 13.2 Å². The fraction of sp³-hybridized carbons (Fsp3) is 0.368.